The van der Waals surface area contributed by atoms with Crippen molar-refractivity contribution in [2.45, 2.75) is 24.3 Å². The summed E-state index contributed by atoms with van der Waals surface area (Å²) in [5, 5.41) is 10.1. The van der Waals surface area contributed by atoms with E-state index in [-0.39, 0.29) is 6.61 Å². The minimum atomic E-state index is 0.0456. The van der Waals surface area contributed by atoms with Gasteiger partial charge in [-0.15, -0.1) is 11.8 Å². The van der Waals surface area contributed by atoms with Crippen LogP contribution in [0.2, 0.25) is 0 Å². The number of aliphatic hydroxyl groups excluding tert-OH is 1. The third-order valence-corrected chi connectivity index (χ3v) is 3.74. The maximum atomic E-state index is 9.22. The molecule has 2 rings (SSSR count). The van der Waals surface area contributed by atoms with Gasteiger partial charge in [0.25, 0.3) is 0 Å². The lowest BCUT2D eigenvalue weighted by Gasteiger charge is -2.07. The van der Waals surface area contributed by atoms with E-state index in [2.05, 4.69) is 24.0 Å². The molecule has 1 aromatic heterocycles. The van der Waals surface area contributed by atoms with Gasteiger partial charge in [-0.1, -0.05) is 30.3 Å². The predicted octanol–water partition coefficient (Wildman–Crippen LogP) is 3.17. The fourth-order valence-corrected chi connectivity index (χ4v) is 2.66. The maximum Gasteiger partial charge on any atom is 0.102 e. The van der Waals surface area contributed by atoms with Crippen molar-refractivity contribution in [3.63, 3.8) is 0 Å². The van der Waals surface area contributed by atoms with Crippen LogP contribution >= 0.6 is 11.8 Å². The van der Waals surface area contributed by atoms with Gasteiger partial charge in [-0.25, -0.2) is 4.98 Å². The molecule has 2 nitrogen and oxygen atoms in total. The van der Waals surface area contributed by atoms with E-state index in [1.54, 1.807) is 18.0 Å². The summed E-state index contributed by atoms with van der Waals surface area (Å²) in [7, 11) is 0. The Balaban J connectivity index is 2.10. The number of hydrogen-bond acceptors (Lipinski definition) is 3. The molecule has 0 radical (unpaired) electrons. The molecular weight excluding hydrogens is 230 g/mol. The molecule has 0 aliphatic heterocycles. The van der Waals surface area contributed by atoms with Crippen molar-refractivity contribution < 1.29 is 5.11 Å². The van der Waals surface area contributed by atoms with Gasteiger partial charge in [0.15, 0.2) is 0 Å². The molecule has 0 unspecified atom stereocenters. The summed E-state index contributed by atoms with van der Waals surface area (Å²) in [6.07, 6.45) is 1.76. The lowest BCUT2D eigenvalue weighted by Crippen LogP contribution is -1.92. The normalized spacial score (nSPS) is 10.5. The fraction of sp³-hybridized carbons (Fsp3) is 0.214. The van der Waals surface area contributed by atoms with Gasteiger partial charge in [-0.05, 0) is 24.1 Å². The number of rotatable bonds is 4. The minimum Gasteiger partial charge on any atom is -0.392 e. The van der Waals surface area contributed by atoms with E-state index in [1.807, 2.05) is 24.3 Å². The Hall–Kier alpha value is -1.32. The smallest absolute Gasteiger partial charge is 0.102 e. The van der Waals surface area contributed by atoms with E-state index in [1.165, 1.54) is 11.1 Å². The van der Waals surface area contributed by atoms with Crippen LogP contribution in [0.1, 0.15) is 16.7 Å². The first kappa shape index (κ1) is 12.1. The second kappa shape index (κ2) is 5.84. The van der Waals surface area contributed by atoms with Gasteiger partial charge < -0.3 is 5.11 Å². The van der Waals surface area contributed by atoms with E-state index in [9.17, 15) is 5.11 Å². The molecule has 0 amide bonds. The van der Waals surface area contributed by atoms with Crippen molar-refractivity contribution in [1.29, 1.82) is 0 Å². The number of aromatic nitrogens is 1. The average Bonchev–Trinajstić information content (AvgIpc) is 2.38. The van der Waals surface area contributed by atoms with Gasteiger partial charge in [0.05, 0.1) is 6.61 Å². The molecule has 2 aromatic rings. The van der Waals surface area contributed by atoms with Crippen molar-refractivity contribution in [2.24, 2.45) is 0 Å². The zero-order chi connectivity index (χ0) is 12.1. The molecule has 0 spiro atoms. The molecule has 0 atom stereocenters. The number of nitrogens with zero attached hydrogens (tertiary/aromatic N) is 1. The van der Waals surface area contributed by atoms with Crippen LogP contribution in [-0.4, -0.2) is 10.1 Å². The Morgan fingerprint density at radius 2 is 1.88 bits per heavy atom. The van der Waals surface area contributed by atoms with Gasteiger partial charge in [0.2, 0.25) is 0 Å². The SMILES string of the molecule is Cc1ccccc1CSc1ncccc1CO. The molecule has 1 heterocycles. The molecule has 0 saturated heterocycles. The van der Waals surface area contributed by atoms with Crippen molar-refractivity contribution >= 4 is 11.8 Å². The number of hydrogen-bond donors (Lipinski definition) is 1. The molecule has 17 heavy (non-hydrogen) atoms. The highest BCUT2D eigenvalue weighted by Gasteiger charge is 2.04. The largest absolute Gasteiger partial charge is 0.392 e. The minimum absolute atomic E-state index is 0.0456. The van der Waals surface area contributed by atoms with Gasteiger partial charge in [0.1, 0.15) is 5.03 Å². The first-order valence-electron chi connectivity index (χ1n) is 5.53. The number of benzene rings is 1. The van der Waals surface area contributed by atoms with Crippen LogP contribution in [0, 0.1) is 6.92 Å². The molecule has 0 aliphatic rings. The third kappa shape index (κ3) is 3.08. The van der Waals surface area contributed by atoms with Crippen LogP contribution < -0.4 is 0 Å². The zero-order valence-corrected chi connectivity index (χ0v) is 10.6. The van der Waals surface area contributed by atoms with E-state index in [0.29, 0.717) is 0 Å². The van der Waals surface area contributed by atoms with Gasteiger partial charge in [0, 0.05) is 17.5 Å². The summed E-state index contributed by atoms with van der Waals surface area (Å²) < 4.78 is 0. The van der Waals surface area contributed by atoms with Gasteiger partial charge in [-0.2, -0.15) is 0 Å². The third-order valence-electron chi connectivity index (χ3n) is 2.65. The lowest BCUT2D eigenvalue weighted by molar-refractivity contribution is 0.278. The van der Waals surface area contributed by atoms with Crippen LogP contribution in [0.4, 0.5) is 0 Å². The van der Waals surface area contributed by atoms with Gasteiger partial charge in [-0.3, -0.25) is 0 Å². The highest BCUT2D eigenvalue weighted by atomic mass is 32.2. The predicted molar refractivity (Wildman–Crippen MR) is 70.9 cm³/mol. The number of aryl methyl sites for hydroxylation is 1. The second-order valence-corrected chi connectivity index (χ2v) is 4.81. The Morgan fingerprint density at radius 3 is 2.65 bits per heavy atom. The number of aliphatic hydroxyl groups is 1. The Labute approximate surface area is 106 Å². The Morgan fingerprint density at radius 1 is 1.12 bits per heavy atom. The molecular formula is C14H15NOS. The van der Waals surface area contributed by atoms with Crippen LogP contribution in [0.5, 0.6) is 0 Å². The summed E-state index contributed by atoms with van der Waals surface area (Å²) in [6, 6.07) is 12.1. The topological polar surface area (TPSA) is 33.1 Å². The van der Waals surface area contributed by atoms with Crippen LogP contribution in [-0.2, 0) is 12.4 Å². The molecule has 1 aromatic carbocycles. The fourth-order valence-electron chi connectivity index (χ4n) is 1.59. The van der Waals surface area contributed by atoms with Crippen LogP contribution in [0.3, 0.4) is 0 Å². The summed E-state index contributed by atoms with van der Waals surface area (Å²) in [5.74, 6) is 0.886. The van der Waals surface area contributed by atoms with Crippen molar-refractivity contribution in [1.82, 2.24) is 4.98 Å². The van der Waals surface area contributed by atoms with Crippen LogP contribution in [0.25, 0.3) is 0 Å². The second-order valence-electron chi connectivity index (χ2n) is 3.84. The molecule has 0 saturated carbocycles. The summed E-state index contributed by atoms with van der Waals surface area (Å²) >= 11 is 1.67. The van der Waals surface area contributed by atoms with Gasteiger partial charge >= 0.3 is 0 Å². The molecule has 3 heteroatoms. The Bertz CT molecular complexity index is 499. The summed E-state index contributed by atoms with van der Waals surface area (Å²) in [5.41, 5.74) is 3.50. The zero-order valence-electron chi connectivity index (χ0n) is 9.76. The monoisotopic (exact) mass is 245 g/mol. The van der Waals surface area contributed by atoms with Crippen molar-refractivity contribution in [3.05, 3.63) is 59.3 Å². The molecule has 88 valence electrons. The standard InChI is InChI=1S/C14H15NOS/c1-11-5-2-3-6-13(11)10-17-14-12(9-16)7-4-8-15-14/h2-8,16H,9-10H2,1H3. The molecule has 1 N–H and O–H groups in total. The van der Waals surface area contributed by atoms with Crippen molar-refractivity contribution in [2.75, 3.05) is 0 Å². The lowest BCUT2D eigenvalue weighted by atomic mass is 10.1. The summed E-state index contributed by atoms with van der Waals surface area (Å²) in [6.45, 7) is 2.16. The van der Waals surface area contributed by atoms with Crippen LogP contribution in [0.15, 0.2) is 47.6 Å². The highest BCUT2D eigenvalue weighted by Crippen LogP contribution is 2.25. The number of thioether (sulfide) groups is 1. The first-order chi connectivity index (χ1) is 8.31. The summed E-state index contributed by atoms with van der Waals surface area (Å²) in [4.78, 5) is 4.30. The van der Waals surface area contributed by atoms with E-state index < -0.39 is 0 Å². The van der Waals surface area contributed by atoms with E-state index in [0.717, 1.165) is 16.3 Å². The first-order valence-corrected chi connectivity index (χ1v) is 6.52. The van der Waals surface area contributed by atoms with Crippen molar-refractivity contribution in [3.8, 4) is 0 Å². The maximum absolute atomic E-state index is 9.22. The highest BCUT2D eigenvalue weighted by molar-refractivity contribution is 7.98. The average molecular weight is 245 g/mol. The molecule has 0 aliphatic carbocycles. The van der Waals surface area contributed by atoms with E-state index in [4.69, 9.17) is 0 Å². The van der Waals surface area contributed by atoms with E-state index >= 15 is 0 Å². The quantitative estimate of drug-likeness (QED) is 0.840. The number of pyridine rings is 1. The Kier molecular flexibility index (Phi) is 4.18. The molecule has 0 bridgehead atoms. The molecule has 0 fully saturated rings.